The third-order valence-corrected chi connectivity index (χ3v) is 6.01. The second kappa shape index (κ2) is 8.64. The highest BCUT2D eigenvalue weighted by Crippen LogP contribution is 2.31. The van der Waals surface area contributed by atoms with Crippen LogP contribution in [0.5, 0.6) is 0 Å². The van der Waals surface area contributed by atoms with Gasteiger partial charge in [-0.25, -0.2) is 22.5 Å². The summed E-state index contributed by atoms with van der Waals surface area (Å²) < 4.78 is 43.1. The molecule has 0 amide bonds. The number of rotatable bonds is 7. The highest BCUT2D eigenvalue weighted by molar-refractivity contribution is 7.89. The van der Waals surface area contributed by atoms with E-state index in [-0.39, 0.29) is 22.3 Å². The molecule has 0 radical (unpaired) electrons. The maximum atomic E-state index is 14.8. The molecule has 29 heavy (non-hydrogen) atoms. The van der Waals surface area contributed by atoms with E-state index >= 15 is 0 Å². The Kier molecular flexibility index (Phi) is 6.21. The minimum absolute atomic E-state index is 0.0725. The second-order valence-electron chi connectivity index (χ2n) is 6.62. The molecule has 0 aliphatic carbocycles. The lowest BCUT2D eigenvalue weighted by Gasteiger charge is -2.16. The van der Waals surface area contributed by atoms with E-state index in [1.54, 1.807) is 37.3 Å². The number of aromatic nitrogens is 2. The number of benzene rings is 2. The molecular weight excluding hydrogens is 393 g/mol. The van der Waals surface area contributed by atoms with E-state index < -0.39 is 15.8 Å². The standard InChI is InChI=1S/C20H22FN5O2S/c1-13(8-9-22)26-29(27,28)19-5-3-2-4-15(19)14-6-7-16(17(21)10-14)18-11-25-20(23)12-24-18/h2-7,10-13,26H,8-9,22H2,1H3,(H2,23,25). The molecule has 2 aromatic carbocycles. The fraction of sp³-hybridized carbons (Fsp3) is 0.200. The zero-order valence-corrected chi connectivity index (χ0v) is 16.7. The fourth-order valence-corrected chi connectivity index (χ4v) is 4.45. The van der Waals surface area contributed by atoms with Gasteiger partial charge in [-0.1, -0.05) is 24.3 Å². The maximum Gasteiger partial charge on any atom is 0.241 e. The number of nitrogen functional groups attached to an aromatic ring is 1. The summed E-state index contributed by atoms with van der Waals surface area (Å²) in [5.41, 5.74) is 12.4. The van der Waals surface area contributed by atoms with Gasteiger partial charge in [0.1, 0.15) is 11.6 Å². The molecule has 0 aliphatic rings. The Morgan fingerprint density at radius 1 is 1.10 bits per heavy atom. The van der Waals surface area contributed by atoms with Crippen molar-refractivity contribution in [2.24, 2.45) is 5.73 Å². The Bertz CT molecular complexity index is 1100. The van der Waals surface area contributed by atoms with Gasteiger partial charge in [0.15, 0.2) is 0 Å². The van der Waals surface area contributed by atoms with Crippen molar-refractivity contribution in [1.82, 2.24) is 14.7 Å². The quantitative estimate of drug-likeness (QED) is 0.545. The maximum absolute atomic E-state index is 14.8. The van der Waals surface area contributed by atoms with Crippen LogP contribution >= 0.6 is 0 Å². The fourth-order valence-electron chi connectivity index (χ4n) is 2.94. The van der Waals surface area contributed by atoms with Crippen molar-refractivity contribution in [1.29, 1.82) is 0 Å². The van der Waals surface area contributed by atoms with E-state index in [1.807, 2.05) is 0 Å². The number of nitrogens with one attached hydrogen (secondary N) is 1. The van der Waals surface area contributed by atoms with E-state index in [2.05, 4.69) is 14.7 Å². The van der Waals surface area contributed by atoms with Crippen molar-refractivity contribution in [3.8, 4) is 22.4 Å². The van der Waals surface area contributed by atoms with E-state index in [0.29, 0.717) is 29.8 Å². The van der Waals surface area contributed by atoms with E-state index in [1.165, 1.54) is 24.5 Å². The number of halogens is 1. The van der Waals surface area contributed by atoms with Gasteiger partial charge < -0.3 is 11.5 Å². The normalized spacial score (nSPS) is 12.7. The summed E-state index contributed by atoms with van der Waals surface area (Å²) in [4.78, 5) is 8.07. The molecular formula is C20H22FN5O2S. The molecule has 0 aliphatic heterocycles. The van der Waals surface area contributed by atoms with Gasteiger partial charge >= 0.3 is 0 Å². The SMILES string of the molecule is CC(CCN)NS(=O)(=O)c1ccccc1-c1ccc(-c2cnc(N)cn2)c(F)c1. The van der Waals surface area contributed by atoms with Crippen LogP contribution in [0.15, 0.2) is 59.8 Å². The van der Waals surface area contributed by atoms with Gasteiger partial charge in [0.25, 0.3) is 0 Å². The average molecular weight is 415 g/mol. The number of hydrogen-bond donors (Lipinski definition) is 3. The van der Waals surface area contributed by atoms with Crippen molar-refractivity contribution in [2.75, 3.05) is 12.3 Å². The predicted molar refractivity (Wildman–Crippen MR) is 111 cm³/mol. The molecule has 1 aromatic heterocycles. The third-order valence-electron chi connectivity index (χ3n) is 4.36. The zero-order valence-electron chi connectivity index (χ0n) is 15.8. The van der Waals surface area contributed by atoms with Crippen molar-refractivity contribution >= 4 is 15.8 Å². The van der Waals surface area contributed by atoms with Gasteiger partial charge in [0.2, 0.25) is 10.0 Å². The third kappa shape index (κ3) is 4.76. The van der Waals surface area contributed by atoms with Crippen molar-refractivity contribution in [3.63, 3.8) is 0 Å². The molecule has 0 bridgehead atoms. The van der Waals surface area contributed by atoms with Gasteiger partial charge in [0.05, 0.1) is 23.0 Å². The molecule has 1 atom stereocenters. The van der Waals surface area contributed by atoms with Crippen molar-refractivity contribution in [3.05, 3.63) is 60.7 Å². The average Bonchev–Trinajstić information content (AvgIpc) is 2.68. The Hall–Kier alpha value is -2.88. The molecule has 3 aromatic rings. The van der Waals surface area contributed by atoms with Crippen LogP contribution in [0.3, 0.4) is 0 Å². The topological polar surface area (TPSA) is 124 Å². The van der Waals surface area contributed by atoms with Crippen LogP contribution < -0.4 is 16.2 Å². The first-order valence-electron chi connectivity index (χ1n) is 9.01. The predicted octanol–water partition coefficient (Wildman–Crippen LogP) is 2.55. The second-order valence-corrected chi connectivity index (χ2v) is 8.30. The van der Waals surface area contributed by atoms with Gasteiger partial charge in [-0.05, 0) is 43.7 Å². The van der Waals surface area contributed by atoms with Crippen LogP contribution in [0.2, 0.25) is 0 Å². The molecule has 152 valence electrons. The molecule has 9 heteroatoms. The van der Waals surface area contributed by atoms with Crippen molar-refractivity contribution in [2.45, 2.75) is 24.3 Å². The van der Waals surface area contributed by atoms with Gasteiger partial charge in [0, 0.05) is 17.2 Å². The molecule has 0 saturated heterocycles. The van der Waals surface area contributed by atoms with Crippen molar-refractivity contribution < 1.29 is 12.8 Å². The minimum Gasteiger partial charge on any atom is -0.382 e. The number of hydrogen-bond acceptors (Lipinski definition) is 6. The van der Waals surface area contributed by atoms with Crippen LogP contribution in [0.4, 0.5) is 10.2 Å². The van der Waals surface area contributed by atoms with Gasteiger partial charge in [-0.15, -0.1) is 0 Å². The Morgan fingerprint density at radius 3 is 2.52 bits per heavy atom. The summed E-state index contributed by atoms with van der Waals surface area (Å²) in [7, 11) is -3.80. The van der Waals surface area contributed by atoms with E-state index in [0.717, 1.165) is 0 Å². The largest absolute Gasteiger partial charge is 0.382 e. The smallest absolute Gasteiger partial charge is 0.241 e. The van der Waals surface area contributed by atoms with Crippen LogP contribution in [0, 0.1) is 5.82 Å². The number of nitrogens with zero attached hydrogens (tertiary/aromatic N) is 2. The molecule has 5 N–H and O–H groups in total. The molecule has 7 nitrogen and oxygen atoms in total. The highest BCUT2D eigenvalue weighted by atomic mass is 32.2. The minimum atomic E-state index is -3.80. The lowest BCUT2D eigenvalue weighted by Crippen LogP contribution is -2.34. The first-order valence-corrected chi connectivity index (χ1v) is 10.5. The molecule has 0 spiro atoms. The van der Waals surface area contributed by atoms with Crippen LogP contribution in [-0.2, 0) is 10.0 Å². The first kappa shape index (κ1) is 20.8. The number of sulfonamides is 1. The summed E-state index contributed by atoms with van der Waals surface area (Å²) in [6, 6.07) is 10.6. The highest BCUT2D eigenvalue weighted by Gasteiger charge is 2.21. The summed E-state index contributed by atoms with van der Waals surface area (Å²) in [5, 5.41) is 0. The lowest BCUT2D eigenvalue weighted by molar-refractivity contribution is 0.550. The Labute approximate surface area is 169 Å². The Balaban J connectivity index is 2.00. The van der Waals surface area contributed by atoms with Crippen LogP contribution in [-0.4, -0.2) is 31.0 Å². The van der Waals surface area contributed by atoms with Crippen LogP contribution in [0.1, 0.15) is 13.3 Å². The van der Waals surface area contributed by atoms with E-state index in [9.17, 15) is 12.8 Å². The summed E-state index contributed by atoms with van der Waals surface area (Å²) in [5.74, 6) is -0.306. The van der Waals surface area contributed by atoms with Crippen LogP contribution in [0.25, 0.3) is 22.4 Å². The number of nitrogens with two attached hydrogens (primary N) is 2. The molecule has 1 heterocycles. The van der Waals surface area contributed by atoms with Gasteiger partial charge in [-0.3, -0.25) is 4.98 Å². The molecule has 3 rings (SSSR count). The monoisotopic (exact) mass is 415 g/mol. The summed E-state index contributed by atoms with van der Waals surface area (Å²) in [6.07, 6.45) is 3.24. The molecule has 0 saturated carbocycles. The van der Waals surface area contributed by atoms with E-state index in [4.69, 9.17) is 11.5 Å². The van der Waals surface area contributed by atoms with Gasteiger partial charge in [-0.2, -0.15) is 0 Å². The lowest BCUT2D eigenvalue weighted by atomic mass is 10.0. The first-order chi connectivity index (χ1) is 13.8. The summed E-state index contributed by atoms with van der Waals surface area (Å²) >= 11 is 0. The zero-order chi connectivity index (χ0) is 21.0. The summed E-state index contributed by atoms with van der Waals surface area (Å²) in [6.45, 7) is 2.11. The molecule has 1 unspecified atom stereocenters. The molecule has 0 fully saturated rings. The Morgan fingerprint density at radius 2 is 1.86 bits per heavy atom. The number of anilines is 1.